The van der Waals surface area contributed by atoms with Crippen molar-refractivity contribution < 1.29 is 4.79 Å². The van der Waals surface area contributed by atoms with Gasteiger partial charge in [0.05, 0.1) is 17.1 Å². The molecule has 53 valence electrons. The smallest absolute Gasteiger partial charge is 0.207 e. The molecule has 0 spiro atoms. The molecule has 1 rings (SSSR count). The first kappa shape index (κ1) is 7.41. The normalized spacial score (nSPS) is 13.0. The lowest BCUT2D eigenvalue weighted by Crippen LogP contribution is -1.92. The lowest BCUT2D eigenvalue weighted by Gasteiger charge is -1.96. The summed E-state index contributed by atoms with van der Waals surface area (Å²) in [4.78, 5) is 15.3. The third-order valence-corrected chi connectivity index (χ3v) is 2.47. The molecule has 1 aromatic rings. The van der Waals surface area contributed by atoms with Crippen molar-refractivity contribution in [3.05, 3.63) is 16.1 Å². The maximum Gasteiger partial charge on any atom is 0.207 e. The zero-order chi connectivity index (χ0) is 7.56. The number of nitrogens with zero attached hydrogens (tertiary/aromatic N) is 1. The van der Waals surface area contributed by atoms with Crippen LogP contribution in [0.15, 0.2) is 5.51 Å². The van der Waals surface area contributed by atoms with E-state index in [9.17, 15) is 4.79 Å². The van der Waals surface area contributed by atoms with Gasteiger partial charge in [0.2, 0.25) is 6.29 Å². The average molecular weight is 154 g/mol. The van der Waals surface area contributed by atoms with Gasteiger partial charge in [-0.1, -0.05) is 6.92 Å². The summed E-state index contributed by atoms with van der Waals surface area (Å²) in [5.74, 6) is -0.118. The summed E-state index contributed by atoms with van der Waals surface area (Å²) in [6.45, 7) is 3.73. The standard InChI is InChI=1S/C7H8NOS/c1-5(3-9)7-6(2)8-4-10-7/h4-5H,1-2H3. The molecule has 2 nitrogen and oxygen atoms in total. The Bertz CT molecular complexity index is 231. The van der Waals surface area contributed by atoms with Crippen molar-refractivity contribution in [1.29, 1.82) is 0 Å². The molecular formula is C7H8NOS. The fraction of sp³-hybridized carbons (Fsp3) is 0.429. The van der Waals surface area contributed by atoms with Crippen LogP contribution < -0.4 is 0 Å². The van der Waals surface area contributed by atoms with Gasteiger partial charge in [-0.15, -0.1) is 11.3 Å². The van der Waals surface area contributed by atoms with Gasteiger partial charge >= 0.3 is 0 Å². The first-order chi connectivity index (χ1) is 4.75. The van der Waals surface area contributed by atoms with E-state index < -0.39 is 0 Å². The molecule has 1 atom stereocenters. The van der Waals surface area contributed by atoms with Crippen molar-refractivity contribution in [1.82, 2.24) is 4.98 Å². The van der Waals surface area contributed by atoms with E-state index in [0.717, 1.165) is 10.6 Å². The topological polar surface area (TPSA) is 30.0 Å². The van der Waals surface area contributed by atoms with Gasteiger partial charge in [0, 0.05) is 4.88 Å². The number of thiazole rings is 1. The third-order valence-electron chi connectivity index (χ3n) is 1.35. The van der Waals surface area contributed by atoms with Crippen molar-refractivity contribution in [3.63, 3.8) is 0 Å². The Balaban J connectivity index is 2.92. The zero-order valence-corrected chi connectivity index (χ0v) is 6.73. The van der Waals surface area contributed by atoms with Crippen LogP contribution in [-0.2, 0) is 4.79 Å². The van der Waals surface area contributed by atoms with Crippen LogP contribution in [0.5, 0.6) is 0 Å². The summed E-state index contributed by atoms with van der Waals surface area (Å²) < 4.78 is 0. The van der Waals surface area contributed by atoms with E-state index >= 15 is 0 Å². The van der Waals surface area contributed by atoms with Crippen molar-refractivity contribution in [2.45, 2.75) is 19.8 Å². The molecule has 1 aromatic heterocycles. The molecule has 0 amide bonds. The van der Waals surface area contributed by atoms with Gasteiger partial charge in [-0.2, -0.15) is 0 Å². The number of rotatable bonds is 2. The van der Waals surface area contributed by atoms with Crippen molar-refractivity contribution >= 4 is 17.6 Å². The summed E-state index contributed by atoms with van der Waals surface area (Å²) in [6.07, 6.45) is 1.93. The van der Waals surface area contributed by atoms with Crippen molar-refractivity contribution in [3.8, 4) is 0 Å². The van der Waals surface area contributed by atoms with Crippen LogP contribution in [0.25, 0.3) is 0 Å². The Morgan fingerprint density at radius 2 is 2.50 bits per heavy atom. The minimum Gasteiger partial charge on any atom is -0.290 e. The summed E-state index contributed by atoms with van der Waals surface area (Å²) in [6, 6.07) is 0. The summed E-state index contributed by atoms with van der Waals surface area (Å²) in [5, 5.41) is 0. The molecule has 1 radical (unpaired) electrons. The first-order valence-electron chi connectivity index (χ1n) is 3.03. The van der Waals surface area contributed by atoms with Crippen LogP contribution in [0.4, 0.5) is 0 Å². The molecule has 1 heterocycles. The Morgan fingerprint density at radius 3 is 2.90 bits per heavy atom. The quantitative estimate of drug-likeness (QED) is 0.648. The molecule has 0 fully saturated rings. The predicted octanol–water partition coefficient (Wildman–Crippen LogP) is 1.66. The van der Waals surface area contributed by atoms with Gasteiger partial charge < -0.3 is 0 Å². The maximum atomic E-state index is 10.2. The van der Waals surface area contributed by atoms with E-state index in [1.54, 1.807) is 5.51 Å². The van der Waals surface area contributed by atoms with Gasteiger partial charge in [-0.25, -0.2) is 4.98 Å². The maximum absolute atomic E-state index is 10.2. The monoisotopic (exact) mass is 154 g/mol. The third kappa shape index (κ3) is 1.24. The largest absolute Gasteiger partial charge is 0.290 e. The molecule has 10 heavy (non-hydrogen) atoms. The van der Waals surface area contributed by atoms with Crippen LogP contribution in [-0.4, -0.2) is 11.3 Å². The molecule has 0 aromatic carbocycles. The lowest BCUT2D eigenvalue weighted by molar-refractivity contribution is 0.547. The van der Waals surface area contributed by atoms with Crippen LogP contribution in [0.3, 0.4) is 0 Å². The fourth-order valence-electron chi connectivity index (χ4n) is 0.780. The first-order valence-corrected chi connectivity index (χ1v) is 3.91. The van der Waals surface area contributed by atoms with E-state index in [1.165, 1.54) is 11.3 Å². The summed E-state index contributed by atoms with van der Waals surface area (Å²) >= 11 is 1.51. The van der Waals surface area contributed by atoms with Gasteiger partial charge in [0.1, 0.15) is 0 Å². The number of carbonyl (C=O) groups excluding carboxylic acids is 1. The highest BCUT2D eigenvalue weighted by molar-refractivity contribution is 7.09. The Kier molecular flexibility index (Phi) is 2.17. The van der Waals surface area contributed by atoms with Crippen LogP contribution >= 0.6 is 11.3 Å². The highest BCUT2D eigenvalue weighted by atomic mass is 32.1. The molecule has 3 heteroatoms. The average Bonchev–Trinajstić information content (AvgIpc) is 2.34. The summed E-state index contributed by atoms with van der Waals surface area (Å²) in [5.41, 5.74) is 2.69. The molecule has 0 aliphatic rings. The van der Waals surface area contributed by atoms with Crippen LogP contribution in [0.1, 0.15) is 23.4 Å². The molecule has 0 N–H and O–H groups in total. The second kappa shape index (κ2) is 2.92. The Morgan fingerprint density at radius 1 is 1.80 bits per heavy atom. The highest BCUT2D eigenvalue weighted by Gasteiger charge is 2.09. The van der Waals surface area contributed by atoms with E-state index in [2.05, 4.69) is 4.98 Å². The molecule has 0 saturated heterocycles. The molecule has 0 saturated carbocycles. The van der Waals surface area contributed by atoms with Crippen molar-refractivity contribution in [2.75, 3.05) is 0 Å². The van der Waals surface area contributed by atoms with E-state index in [-0.39, 0.29) is 5.92 Å². The van der Waals surface area contributed by atoms with E-state index in [0.29, 0.717) is 0 Å². The second-order valence-electron chi connectivity index (χ2n) is 2.14. The van der Waals surface area contributed by atoms with Gasteiger partial charge in [0.15, 0.2) is 0 Å². The SMILES string of the molecule is Cc1ncsc1C(C)[C]=O. The predicted molar refractivity (Wildman–Crippen MR) is 41.0 cm³/mol. The summed E-state index contributed by atoms with van der Waals surface area (Å²) in [7, 11) is 0. The Hall–Kier alpha value is -0.700. The zero-order valence-electron chi connectivity index (χ0n) is 5.92. The fourth-order valence-corrected chi connectivity index (χ4v) is 1.58. The van der Waals surface area contributed by atoms with Gasteiger partial charge in [0.25, 0.3) is 0 Å². The molecule has 1 unspecified atom stereocenters. The Labute approximate surface area is 63.9 Å². The lowest BCUT2D eigenvalue weighted by atomic mass is 10.1. The number of aromatic nitrogens is 1. The van der Waals surface area contributed by atoms with E-state index in [1.807, 2.05) is 20.1 Å². The number of hydrogen-bond acceptors (Lipinski definition) is 3. The number of hydrogen-bond donors (Lipinski definition) is 0. The molecule has 0 aliphatic heterocycles. The minimum atomic E-state index is -0.118. The van der Waals surface area contributed by atoms with Crippen LogP contribution in [0, 0.1) is 6.92 Å². The second-order valence-corrected chi connectivity index (χ2v) is 3.03. The molecule has 0 bridgehead atoms. The molecule has 0 aliphatic carbocycles. The molecular weight excluding hydrogens is 146 g/mol. The van der Waals surface area contributed by atoms with Gasteiger partial charge in [-0.05, 0) is 6.92 Å². The van der Waals surface area contributed by atoms with Crippen molar-refractivity contribution in [2.24, 2.45) is 0 Å². The van der Waals surface area contributed by atoms with Gasteiger partial charge in [-0.3, -0.25) is 4.79 Å². The highest BCUT2D eigenvalue weighted by Crippen LogP contribution is 2.20. The number of aryl methyl sites for hydroxylation is 1. The minimum absolute atomic E-state index is 0.118. The van der Waals surface area contributed by atoms with E-state index in [4.69, 9.17) is 0 Å². The van der Waals surface area contributed by atoms with Crippen LogP contribution in [0.2, 0.25) is 0 Å².